The number of furan rings is 1. The lowest BCUT2D eigenvalue weighted by molar-refractivity contribution is 0.499. The van der Waals surface area contributed by atoms with Crippen molar-refractivity contribution in [2.24, 2.45) is 0 Å². The molecule has 0 saturated heterocycles. The number of rotatable bonds is 3. The van der Waals surface area contributed by atoms with Crippen LogP contribution in [-0.4, -0.2) is 0 Å². The summed E-state index contributed by atoms with van der Waals surface area (Å²) in [6.45, 7) is 5.78. The fourth-order valence-electron chi connectivity index (χ4n) is 2.25. The zero-order valence-corrected chi connectivity index (χ0v) is 12.6. The van der Waals surface area contributed by atoms with E-state index < -0.39 is 11.6 Å². The third-order valence-corrected chi connectivity index (χ3v) is 4.13. The molecule has 4 heteroatoms. The summed E-state index contributed by atoms with van der Waals surface area (Å²) in [4.78, 5) is -0.0510. The minimum absolute atomic E-state index is 0.0510. The molecular weight excluding hydrogens is 314 g/mol. The molecule has 0 saturated carbocycles. The van der Waals surface area contributed by atoms with Gasteiger partial charge in [0, 0.05) is 16.5 Å². The van der Waals surface area contributed by atoms with E-state index in [4.69, 9.17) is 4.42 Å². The summed E-state index contributed by atoms with van der Waals surface area (Å²) in [5.74, 6) is 0.634. The normalized spacial score (nSPS) is 12.7. The van der Waals surface area contributed by atoms with E-state index in [1.54, 1.807) is 0 Å². The van der Waals surface area contributed by atoms with Gasteiger partial charge in [-0.05, 0) is 44.4 Å². The monoisotopic (exact) mass is 328 g/mol. The van der Waals surface area contributed by atoms with Crippen LogP contribution in [0.15, 0.2) is 22.6 Å². The minimum atomic E-state index is -0.557. The highest BCUT2D eigenvalue weighted by molar-refractivity contribution is 9.09. The van der Waals surface area contributed by atoms with E-state index in [1.165, 1.54) is 12.1 Å². The highest BCUT2D eigenvalue weighted by Crippen LogP contribution is 2.35. The van der Waals surface area contributed by atoms with Crippen molar-refractivity contribution < 1.29 is 13.2 Å². The molecule has 102 valence electrons. The lowest BCUT2D eigenvalue weighted by atomic mass is 10.0. The molecule has 0 radical (unpaired) electrons. The molecule has 1 nitrogen and oxygen atoms in total. The Balaban J connectivity index is 2.28. The van der Waals surface area contributed by atoms with Gasteiger partial charge in [0.2, 0.25) is 0 Å². The largest absolute Gasteiger partial charge is 0.466 e. The minimum Gasteiger partial charge on any atom is -0.466 e. The molecule has 0 aliphatic rings. The van der Waals surface area contributed by atoms with Crippen molar-refractivity contribution in [1.82, 2.24) is 0 Å². The van der Waals surface area contributed by atoms with Gasteiger partial charge in [-0.2, -0.15) is 0 Å². The Morgan fingerprint density at radius 1 is 1.16 bits per heavy atom. The molecule has 1 unspecified atom stereocenters. The van der Waals surface area contributed by atoms with Crippen LogP contribution in [0.3, 0.4) is 0 Å². The standard InChI is InChI=1S/C15H15BrF2O/c1-8-9(2)19-10(3)15(8)13(16)6-11-4-5-12(17)7-14(11)18/h4-5,7,13H,6H2,1-3H3. The number of benzene rings is 1. The molecular formula is C15H15BrF2O. The molecule has 19 heavy (non-hydrogen) atoms. The van der Waals surface area contributed by atoms with E-state index in [0.717, 1.165) is 28.7 Å². The van der Waals surface area contributed by atoms with Crippen LogP contribution in [0.4, 0.5) is 8.78 Å². The number of hydrogen-bond donors (Lipinski definition) is 0. The first-order valence-corrected chi connectivity index (χ1v) is 6.96. The van der Waals surface area contributed by atoms with Crippen molar-refractivity contribution in [1.29, 1.82) is 0 Å². The molecule has 0 bridgehead atoms. The second kappa shape index (κ2) is 5.45. The second-order valence-corrected chi connectivity index (χ2v) is 5.77. The maximum atomic E-state index is 13.6. The smallest absolute Gasteiger partial charge is 0.129 e. The SMILES string of the molecule is Cc1oc(C)c(C(Br)Cc2ccc(F)cc2F)c1C. The van der Waals surface area contributed by atoms with Crippen LogP contribution in [-0.2, 0) is 6.42 Å². The average molecular weight is 329 g/mol. The summed E-state index contributed by atoms with van der Waals surface area (Å²) in [6, 6.07) is 3.67. The van der Waals surface area contributed by atoms with Crippen LogP contribution >= 0.6 is 15.9 Å². The van der Waals surface area contributed by atoms with Crippen molar-refractivity contribution in [2.45, 2.75) is 32.0 Å². The van der Waals surface area contributed by atoms with Crippen molar-refractivity contribution in [3.8, 4) is 0 Å². The molecule has 1 heterocycles. The van der Waals surface area contributed by atoms with Crippen LogP contribution in [0.25, 0.3) is 0 Å². The van der Waals surface area contributed by atoms with Gasteiger partial charge >= 0.3 is 0 Å². The van der Waals surface area contributed by atoms with Gasteiger partial charge in [-0.1, -0.05) is 22.0 Å². The summed E-state index contributed by atoms with van der Waals surface area (Å²) in [7, 11) is 0. The number of hydrogen-bond acceptors (Lipinski definition) is 1. The van der Waals surface area contributed by atoms with Gasteiger partial charge in [0.15, 0.2) is 0 Å². The van der Waals surface area contributed by atoms with Crippen molar-refractivity contribution in [2.75, 3.05) is 0 Å². The lowest BCUT2D eigenvalue weighted by Gasteiger charge is -2.11. The Labute approximate surface area is 119 Å². The predicted octanol–water partition coefficient (Wildman–Crippen LogP) is 5.16. The molecule has 2 aromatic rings. The highest BCUT2D eigenvalue weighted by Gasteiger charge is 2.20. The van der Waals surface area contributed by atoms with E-state index in [1.807, 2.05) is 20.8 Å². The third-order valence-electron chi connectivity index (χ3n) is 3.35. The first-order chi connectivity index (χ1) is 8.90. The third kappa shape index (κ3) is 2.89. The quantitative estimate of drug-likeness (QED) is 0.709. The van der Waals surface area contributed by atoms with Gasteiger partial charge in [0.25, 0.3) is 0 Å². The molecule has 0 N–H and O–H groups in total. The molecule has 0 amide bonds. The maximum absolute atomic E-state index is 13.6. The summed E-state index contributed by atoms with van der Waals surface area (Å²) in [6.07, 6.45) is 0.451. The molecule has 0 aliphatic heterocycles. The summed E-state index contributed by atoms with van der Waals surface area (Å²) in [5.41, 5.74) is 2.60. The zero-order valence-electron chi connectivity index (χ0n) is 11.1. The lowest BCUT2D eigenvalue weighted by Crippen LogP contribution is -2.00. The fraction of sp³-hybridized carbons (Fsp3) is 0.333. The van der Waals surface area contributed by atoms with Gasteiger partial charge < -0.3 is 4.42 Å². The number of aryl methyl sites for hydroxylation is 2. The van der Waals surface area contributed by atoms with Crippen molar-refractivity contribution >= 4 is 15.9 Å². The van der Waals surface area contributed by atoms with Crippen LogP contribution in [0.1, 0.15) is 33.0 Å². The molecule has 1 aromatic heterocycles. The topological polar surface area (TPSA) is 13.1 Å². The van der Waals surface area contributed by atoms with E-state index in [0.29, 0.717) is 12.0 Å². The fourth-order valence-corrected chi connectivity index (χ4v) is 3.27. The Hall–Kier alpha value is -1.16. The Morgan fingerprint density at radius 2 is 1.84 bits per heavy atom. The van der Waals surface area contributed by atoms with Gasteiger partial charge in [0.05, 0.1) is 0 Å². The van der Waals surface area contributed by atoms with Gasteiger partial charge in [0.1, 0.15) is 23.2 Å². The second-order valence-electron chi connectivity index (χ2n) is 4.66. The van der Waals surface area contributed by atoms with Crippen molar-refractivity contribution in [3.63, 3.8) is 0 Å². The van der Waals surface area contributed by atoms with Gasteiger partial charge in [-0.3, -0.25) is 0 Å². The number of halogens is 3. The predicted molar refractivity (Wildman–Crippen MR) is 74.6 cm³/mol. The molecule has 1 atom stereocenters. The molecule has 0 spiro atoms. The summed E-state index contributed by atoms with van der Waals surface area (Å²) < 4.78 is 32.1. The van der Waals surface area contributed by atoms with Gasteiger partial charge in [-0.15, -0.1) is 0 Å². The number of alkyl halides is 1. The average Bonchev–Trinajstić information content (AvgIpc) is 2.57. The summed E-state index contributed by atoms with van der Waals surface area (Å²) in [5, 5.41) is 0. The summed E-state index contributed by atoms with van der Waals surface area (Å²) >= 11 is 3.57. The van der Waals surface area contributed by atoms with Crippen LogP contribution < -0.4 is 0 Å². The van der Waals surface area contributed by atoms with E-state index in [-0.39, 0.29) is 4.83 Å². The Morgan fingerprint density at radius 3 is 2.37 bits per heavy atom. The molecule has 0 aliphatic carbocycles. The Bertz CT molecular complexity index is 604. The first kappa shape index (κ1) is 14.3. The Kier molecular flexibility index (Phi) is 4.09. The molecule has 1 aromatic carbocycles. The first-order valence-electron chi connectivity index (χ1n) is 6.04. The van der Waals surface area contributed by atoms with Crippen molar-refractivity contribution in [3.05, 3.63) is 58.0 Å². The van der Waals surface area contributed by atoms with E-state index in [9.17, 15) is 8.78 Å². The molecule has 2 rings (SSSR count). The van der Waals surface area contributed by atoms with Crippen LogP contribution in [0.5, 0.6) is 0 Å². The zero-order chi connectivity index (χ0) is 14.2. The molecule has 0 fully saturated rings. The van der Waals surface area contributed by atoms with E-state index in [2.05, 4.69) is 15.9 Å². The van der Waals surface area contributed by atoms with Gasteiger partial charge in [-0.25, -0.2) is 8.78 Å². The van der Waals surface area contributed by atoms with E-state index >= 15 is 0 Å². The van der Waals surface area contributed by atoms with Crippen LogP contribution in [0.2, 0.25) is 0 Å². The van der Waals surface area contributed by atoms with Crippen LogP contribution in [0, 0.1) is 32.4 Å². The maximum Gasteiger partial charge on any atom is 0.129 e. The highest BCUT2D eigenvalue weighted by atomic mass is 79.9.